The first-order valence-electron chi connectivity index (χ1n) is 8.67. The number of hydrogen-bond donors (Lipinski definition) is 2. The molecule has 1 aromatic heterocycles. The summed E-state index contributed by atoms with van der Waals surface area (Å²) in [6, 6.07) is 0. The second-order valence-electron chi connectivity index (χ2n) is 7.50. The maximum atomic E-state index is 12.6. The minimum atomic E-state index is 0.0443. The van der Waals surface area contributed by atoms with Gasteiger partial charge in [0, 0.05) is 38.8 Å². The van der Waals surface area contributed by atoms with Gasteiger partial charge in [0.25, 0.3) is 0 Å². The largest absolute Gasteiger partial charge is 0.356 e. The highest BCUT2D eigenvalue weighted by Crippen LogP contribution is 2.48. The summed E-state index contributed by atoms with van der Waals surface area (Å²) in [6.45, 7) is 2.54. The van der Waals surface area contributed by atoms with Crippen LogP contribution in [0.15, 0.2) is 12.4 Å². The van der Waals surface area contributed by atoms with Crippen LogP contribution in [0.3, 0.4) is 0 Å². The van der Waals surface area contributed by atoms with Crippen molar-refractivity contribution >= 4 is 5.91 Å². The third-order valence-electron chi connectivity index (χ3n) is 6.13. The van der Waals surface area contributed by atoms with Crippen molar-refractivity contribution in [3.63, 3.8) is 0 Å². The fourth-order valence-corrected chi connectivity index (χ4v) is 4.93. The molecule has 2 saturated carbocycles. The number of rotatable bonds is 4. The lowest BCUT2D eigenvalue weighted by atomic mass is 9.87. The normalized spacial score (nSPS) is 36.9. The van der Waals surface area contributed by atoms with E-state index in [2.05, 4.69) is 15.7 Å². The van der Waals surface area contributed by atoms with E-state index in [0.717, 1.165) is 37.4 Å². The Hall–Kier alpha value is -1.36. The molecule has 2 bridgehead atoms. The number of amides is 1. The van der Waals surface area contributed by atoms with Crippen LogP contribution in [0.5, 0.6) is 0 Å². The first kappa shape index (κ1) is 14.2. The summed E-state index contributed by atoms with van der Waals surface area (Å²) in [5.74, 6) is 3.08. The Labute approximate surface area is 131 Å². The van der Waals surface area contributed by atoms with E-state index in [1.807, 2.05) is 24.1 Å². The van der Waals surface area contributed by atoms with Crippen LogP contribution >= 0.6 is 0 Å². The minimum Gasteiger partial charge on any atom is -0.356 e. The van der Waals surface area contributed by atoms with Crippen LogP contribution in [0.2, 0.25) is 0 Å². The van der Waals surface area contributed by atoms with Gasteiger partial charge in [-0.15, -0.1) is 0 Å². The lowest BCUT2D eigenvalue weighted by Crippen LogP contribution is -2.38. The Morgan fingerprint density at radius 2 is 2.32 bits per heavy atom. The standard InChI is InChI=1S/C17H26N4O/c1-21-10-14(7-20-21)15-8-18-9-16(15)17(22)19-6-13-5-11-2-3-12(13)4-11/h7,10-13,15-16,18H,2-6,8-9H2,1H3,(H,19,22)/t11?,12?,13?,15-,16+/m1/s1. The molecule has 0 spiro atoms. The van der Waals surface area contributed by atoms with Crippen LogP contribution in [0.4, 0.5) is 0 Å². The van der Waals surface area contributed by atoms with Gasteiger partial charge >= 0.3 is 0 Å². The van der Waals surface area contributed by atoms with E-state index < -0.39 is 0 Å². The maximum absolute atomic E-state index is 12.6. The van der Waals surface area contributed by atoms with Gasteiger partial charge in [-0.25, -0.2) is 0 Å². The first-order chi connectivity index (χ1) is 10.7. The summed E-state index contributed by atoms with van der Waals surface area (Å²) >= 11 is 0. The maximum Gasteiger partial charge on any atom is 0.225 e. The summed E-state index contributed by atoms with van der Waals surface area (Å²) in [4.78, 5) is 12.6. The molecule has 2 N–H and O–H groups in total. The average molecular weight is 302 g/mol. The van der Waals surface area contributed by atoms with E-state index in [1.165, 1.54) is 31.2 Å². The van der Waals surface area contributed by atoms with Crippen molar-refractivity contribution in [1.29, 1.82) is 0 Å². The molecule has 4 rings (SSSR count). The smallest absolute Gasteiger partial charge is 0.225 e. The number of fused-ring (bicyclic) bond motifs is 2. The summed E-state index contributed by atoms with van der Waals surface area (Å²) in [6.07, 6.45) is 9.48. The fraction of sp³-hybridized carbons (Fsp3) is 0.765. The molecule has 0 aromatic carbocycles. The van der Waals surface area contributed by atoms with Crippen molar-refractivity contribution < 1.29 is 4.79 Å². The number of carbonyl (C=O) groups is 1. The zero-order chi connectivity index (χ0) is 15.1. The number of nitrogens with one attached hydrogen (secondary N) is 2. The average Bonchev–Trinajstić information content (AvgIpc) is 3.27. The Morgan fingerprint density at radius 1 is 1.41 bits per heavy atom. The van der Waals surface area contributed by atoms with Gasteiger partial charge in [0.05, 0.1) is 12.1 Å². The lowest BCUT2D eigenvalue weighted by molar-refractivity contribution is -0.125. The minimum absolute atomic E-state index is 0.0443. The molecule has 5 atom stereocenters. The van der Waals surface area contributed by atoms with E-state index in [9.17, 15) is 4.79 Å². The van der Waals surface area contributed by atoms with E-state index in [1.54, 1.807) is 0 Å². The zero-order valence-electron chi connectivity index (χ0n) is 13.3. The van der Waals surface area contributed by atoms with Crippen LogP contribution in [0, 0.1) is 23.7 Å². The highest BCUT2D eigenvalue weighted by Gasteiger charge is 2.40. The van der Waals surface area contributed by atoms with Crippen LogP contribution in [-0.4, -0.2) is 35.3 Å². The highest BCUT2D eigenvalue weighted by atomic mass is 16.1. The van der Waals surface area contributed by atoms with Crippen LogP contribution in [-0.2, 0) is 11.8 Å². The van der Waals surface area contributed by atoms with Gasteiger partial charge < -0.3 is 10.6 Å². The van der Waals surface area contributed by atoms with E-state index in [-0.39, 0.29) is 17.7 Å². The number of aryl methyl sites for hydroxylation is 1. The molecule has 120 valence electrons. The number of aromatic nitrogens is 2. The van der Waals surface area contributed by atoms with Crippen molar-refractivity contribution in [2.45, 2.75) is 31.6 Å². The Balaban J connectivity index is 1.35. The molecular weight excluding hydrogens is 276 g/mol. The molecule has 5 heteroatoms. The molecule has 1 aromatic rings. The van der Waals surface area contributed by atoms with Gasteiger partial charge in [-0.2, -0.15) is 5.10 Å². The zero-order valence-corrected chi connectivity index (χ0v) is 13.3. The Bertz CT molecular complexity index is 555. The van der Waals surface area contributed by atoms with Crippen molar-refractivity contribution in [2.75, 3.05) is 19.6 Å². The molecule has 1 aliphatic heterocycles. The van der Waals surface area contributed by atoms with Gasteiger partial charge in [0.1, 0.15) is 0 Å². The van der Waals surface area contributed by atoms with E-state index in [0.29, 0.717) is 0 Å². The predicted molar refractivity (Wildman–Crippen MR) is 84.3 cm³/mol. The van der Waals surface area contributed by atoms with Gasteiger partial charge in [-0.05, 0) is 42.6 Å². The van der Waals surface area contributed by atoms with Gasteiger partial charge in [0.2, 0.25) is 5.91 Å². The Morgan fingerprint density at radius 3 is 3.00 bits per heavy atom. The quantitative estimate of drug-likeness (QED) is 0.881. The lowest BCUT2D eigenvalue weighted by Gasteiger charge is -2.23. The fourth-order valence-electron chi connectivity index (χ4n) is 4.93. The summed E-state index contributed by atoms with van der Waals surface area (Å²) < 4.78 is 1.82. The third-order valence-corrected chi connectivity index (χ3v) is 6.13. The monoisotopic (exact) mass is 302 g/mol. The molecule has 2 heterocycles. The van der Waals surface area contributed by atoms with Gasteiger partial charge in [-0.3, -0.25) is 9.48 Å². The topological polar surface area (TPSA) is 59.0 Å². The molecule has 5 nitrogen and oxygen atoms in total. The van der Waals surface area contributed by atoms with E-state index in [4.69, 9.17) is 0 Å². The van der Waals surface area contributed by atoms with Crippen molar-refractivity contribution in [3.05, 3.63) is 18.0 Å². The van der Waals surface area contributed by atoms with Gasteiger partial charge in [-0.1, -0.05) is 6.42 Å². The van der Waals surface area contributed by atoms with Crippen LogP contribution in [0.1, 0.15) is 37.2 Å². The van der Waals surface area contributed by atoms with Crippen molar-refractivity contribution in [3.8, 4) is 0 Å². The number of nitrogens with zero attached hydrogens (tertiary/aromatic N) is 2. The third kappa shape index (κ3) is 2.56. The van der Waals surface area contributed by atoms with Crippen LogP contribution in [0.25, 0.3) is 0 Å². The molecule has 0 radical (unpaired) electrons. The summed E-state index contributed by atoms with van der Waals surface area (Å²) in [5, 5.41) is 10.9. The molecule has 3 fully saturated rings. The van der Waals surface area contributed by atoms with Crippen molar-refractivity contribution in [2.24, 2.45) is 30.7 Å². The second kappa shape index (κ2) is 5.69. The highest BCUT2D eigenvalue weighted by molar-refractivity contribution is 5.80. The second-order valence-corrected chi connectivity index (χ2v) is 7.50. The van der Waals surface area contributed by atoms with Gasteiger partial charge in [0.15, 0.2) is 0 Å². The summed E-state index contributed by atoms with van der Waals surface area (Å²) in [5.41, 5.74) is 1.17. The van der Waals surface area contributed by atoms with E-state index >= 15 is 0 Å². The molecule has 3 aliphatic rings. The molecule has 1 saturated heterocycles. The molecule has 2 aliphatic carbocycles. The Kier molecular flexibility index (Phi) is 3.68. The van der Waals surface area contributed by atoms with Crippen molar-refractivity contribution in [1.82, 2.24) is 20.4 Å². The molecule has 22 heavy (non-hydrogen) atoms. The molecular formula is C17H26N4O. The SMILES string of the molecule is Cn1cc([C@H]2CNC[C@@H]2C(=O)NCC2CC3CCC2C3)cn1. The molecule has 3 unspecified atom stereocenters. The molecule has 1 amide bonds. The predicted octanol–water partition coefficient (Wildman–Crippen LogP) is 1.28. The number of hydrogen-bond acceptors (Lipinski definition) is 3. The van der Waals surface area contributed by atoms with Crippen LogP contribution < -0.4 is 10.6 Å². The number of carbonyl (C=O) groups excluding carboxylic acids is 1. The summed E-state index contributed by atoms with van der Waals surface area (Å²) in [7, 11) is 1.93. The first-order valence-corrected chi connectivity index (χ1v) is 8.67.